The van der Waals surface area contributed by atoms with Gasteiger partial charge in [-0.25, -0.2) is 4.39 Å². The minimum absolute atomic E-state index is 0.0809. The van der Waals surface area contributed by atoms with Crippen LogP contribution in [0.5, 0.6) is 0 Å². The third-order valence-corrected chi connectivity index (χ3v) is 6.95. The molecular formula is C26H24F4N2O3. The second-order valence-electron chi connectivity index (χ2n) is 9.67. The maximum Gasteiger partial charge on any atom is 0.416 e. The molecule has 4 rings (SSSR count). The van der Waals surface area contributed by atoms with Gasteiger partial charge in [0.05, 0.1) is 16.9 Å². The number of hydrogen-bond donors (Lipinski definition) is 1. The standard InChI is InChI=1S/C26H24F4N2O3/c1-4-16-7-10-21(20(27)11-16)31-15-22(33)32(14-17-5-8-18(9-6-17)26(28,29)30)25(23(31)34)12-19(13-25)24(2,3)35/h1,5-11,19,35H,12-15H2,2-3H3. The van der Waals surface area contributed by atoms with Gasteiger partial charge in [0, 0.05) is 12.1 Å². The third kappa shape index (κ3) is 4.39. The van der Waals surface area contributed by atoms with Gasteiger partial charge in [-0.3, -0.25) is 14.5 Å². The van der Waals surface area contributed by atoms with E-state index >= 15 is 0 Å². The molecule has 2 amide bonds. The Bertz CT molecular complexity index is 1200. The summed E-state index contributed by atoms with van der Waals surface area (Å²) in [5, 5.41) is 10.5. The molecular weight excluding hydrogens is 464 g/mol. The van der Waals surface area contributed by atoms with Crippen LogP contribution in [0.4, 0.5) is 23.2 Å². The number of benzene rings is 2. The number of hydrogen-bond acceptors (Lipinski definition) is 3. The van der Waals surface area contributed by atoms with Gasteiger partial charge in [-0.2, -0.15) is 13.2 Å². The van der Waals surface area contributed by atoms with Crippen molar-refractivity contribution in [3.63, 3.8) is 0 Å². The molecule has 0 radical (unpaired) electrons. The van der Waals surface area contributed by atoms with Crippen molar-refractivity contribution in [3.05, 3.63) is 65.0 Å². The quantitative estimate of drug-likeness (QED) is 0.520. The summed E-state index contributed by atoms with van der Waals surface area (Å²) < 4.78 is 53.6. The van der Waals surface area contributed by atoms with Crippen molar-refractivity contribution in [2.24, 2.45) is 5.92 Å². The number of amides is 2. The molecule has 1 heterocycles. The first kappa shape index (κ1) is 24.7. The largest absolute Gasteiger partial charge is 0.416 e. The Hall–Kier alpha value is -3.38. The van der Waals surface area contributed by atoms with Crippen LogP contribution >= 0.6 is 0 Å². The number of rotatable bonds is 4. The molecule has 9 heteroatoms. The lowest BCUT2D eigenvalue weighted by Gasteiger charge is -2.59. The van der Waals surface area contributed by atoms with Gasteiger partial charge < -0.3 is 10.0 Å². The maximum atomic E-state index is 14.8. The van der Waals surface area contributed by atoms with E-state index in [0.29, 0.717) is 5.56 Å². The molecule has 1 aliphatic carbocycles. The number of alkyl halides is 3. The zero-order valence-electron chi connectivity index (χ0n) is 19.2. The smallest absolute Gasteiger partial charge is 0.390 e. The minimum atomic E-state index is -4.50. The lowest BCUT2D eigenvalue weighted by molar-refractivity contribution is -0.171. The number of anilines is 1. The van der Waals surface area contributed by atoms with Crippen LogP contribution in [0.25, 0.3) is 0 Å². The third-order valence-electron chi connectivity index (χ3n) is 6.95. The molecule has 2 aromatic carbocycles. The minimum Gasteiger partial charge on any atom is -0.390 e. The van der Waals surface area contributed by atoms with E-state index < -0.39 is 47.1 Å². The van der Waals surface area contributed by atoms with E-state index in [-0.39, 0.29) is 36.6 Å². The Morgan fingerprint density at radius 1 is 1.11 bits per heavy atom. The van der Waals surface area contributed by atoms with Crippen LogP contribution in [0.1, 0.15) is 43.4 Å². The van der Waals surface area contributed by atoms with Crippen LogP contribution in [-0.4, -0.2) is 39.5 Å². The predicted molar refractivity (Wildman–Crippen MR) is 120 cm³/mol. The molecule has 184 valence electrons. The van der Waals surface area contributed by atoms with Gasteiger partial charge >= 0.3 is 6.18 Å². The van der Waals surface area contributed by atoms with Gasteiger partial charge in [-0.15, -0.1) is 6.42 Å². The molecule has 5 nitrogen and oxygen atoms in total. The fourth-order valence-electron chi connectivity index (χ4n) is 4.78. The summed E-state index contributed by atoms with van der Waals surface area (Å²) in [5.74, 6) is 0.287. The average molecular weight is 488 g/mol. The van der Waals surface area contributed by atoms with Crippen LogP contribution in [0.3, 0.4) is 0 Å². The van der Waals surface area contributed by atoms with E-state index in [9.17, 15) is 32.3 Å². The first-order valence-electron chi connectivity index (χ1n) is 11.0. The van der Waals surface area contributed by atoms with Gasteiger partial charge in [-0.05, 0) is 68.5 Å². The molecule has 2 aliphatic rings. The first-order chi connectivity index (χ1) is 16.3. The molecule has 0 aromatic heterocycles. The van der Waals surface area contributed by atoms with Crippen molar-refractivity contribution in [3.8, 4) is 12.3 Å². The summed E-state index contributed by atoms with van der Waals surface area (Å²) in [6.45, 7) is 2.69. The zero-order chi connectivity index (χ0) is 25.8. The van der Waals surface area contributed by atoms with E-state index in [0.717, 1.165) is 23.1 Å². The zero-order valence-corrected chi connectivity index (χ0v) is 19.2. The summed E-state index contributed by atoms with van der Waals surface area (Å²) in [6, 6.07) is 8.31. The Kier molecular flexibility index (Phi) is 5.92. The molecule has 1 saturated heterocycles. The van der Waals surface area contributed by atoms with Crippen molar-refractivity contribution in [1.82, 2.24) is 4.90 Å². The van der Waals surface area contributed by atoms with Crippen LogP contribution in [-0.2, 0) is 22.3 Å². The molecule has 0 bridgehead atoms. The van der Waals surface area contributed by atoms with E-state index in [4.69, 9.17) is 6.42 Å². The van der Waals surface area contributed by atoms with E-state index in [1.807, 2.05) is 0 Å². The van der Waals surface area contributed by atoms with Gasteiger partial charge in [0.1, 0.15) is 17.9 Å². The van der Waals surface area contributed by atoms with E-state index in [1.54, 1.807) is 13.8 Å². The Balaban J connectivity index is 1.68. The van der Waals surface area contributed by atoms with Crippen LogP contribution in [0.15, 0.2) is 42.5 Å². The number of nitrogens with zero attached hydrogens (tertiary/aromatic N) is 2. The van der Waals surface area contributed by atoms with Gasteiger partial charge in [-0.1, -0.05) is 18.1 Å². The topological polar surface area (TPSA) is 60.9 Å². The Morgan fingerprint density at radius 2 is 1.74 bits per heavy atom. The normalized spacial score (nSPS) is 22.9. The number of halogens is 4. The summed E-state index contributed by atoms with van der Waals surface area (Å²) in [7, 11) is 0. The summed E-state index contributed by atoms with van der Waals surface area (Å²) in [4.78, 5) is 29.5. The van der Waals surface area contributed by atoms with Crippen molar-refractivity contribution in [2.75, 3.05) is 11.4 Å². The second kappa shape index (κ2) is 8.38. The molecule has 0 unspecified atom stereocenters. The number of carbonyl (C=O) groups excluding carboxylic acids is 2. The molecule has 2 aromatic rings. The fraction of sp³-hybridized carbons (Fsp3) is 0.385. The highest BCUT2D eigenvalue weighted by Crippen LogP contribution is 2.51. The highest BCUT2D eigenvalue weighted by molar-refractivity contribution is 6.09. The van der Waals surface area contributed by atoms with Crippen molar-refractivity contribution in [1.29, 1.82) is 0 Å². The number of piperazine rings is 1. The predicted octanol–water partition coefficient (Wildman–Crippen LogP) is 4.12. The van der Waals surface area contributed by atoms with Crippen LogP contribution in [0, 0.1) is 24.1 Å². The molecule has 1 saturated carbocycles. The van der Waals surface area contributed by atoms with E-state index in [1.165, 1.54) is 29.2 Å². The second-order valence-corrected chi connectivity index (χ2v) is 9.67. The van der Waals surface area contributed by atoms with Crippen molar-refractivity contribution in [2.45, 2.75) is 50.6 Å². The number of terminal acetylenes is 1. The van der Waals surface area contributed by atoms with Crippen LogP contribution < -0.4 is 4.90 Å². The van der Waals surface area contributed by atoms with Crippen LogP contribution in [0.2, 0.25) is 0 Å². The highest BCUT2D eigenvalue weighted by atomic mass is 19.4. The Morgan fingerprint density at radius 3 is 2.26 bits per heavy atom. The summed E-state index contributed by atoms with van der Waals surface area (Å²) >= 11 is 0. The molecule has 35 heavy (non-hydrogen) atoms. The lowest BCUT2D eigenvalue weighted by atomic mass is 9.60. The monoisotopic (exact) mass is 488 g/mol. The molecule has 1 spiro atoms. The summed E-state index contributed by atoms with van der Waals surface area (Å²) in [5.41, 5.74) is -2.66. The molecule has 1 N–H and O–H groups in total. The maximum absolute atomic E-state index is 14.8. The molecule has 0 atom stereocenters. The first-order valence-corrected chi connectivity index (χ1v) is 11.0. The summed E-state index contributed by atoms with van der Waals surface area (Å²) in [6.07, 6.45) is 1.09. The lowest BCUT2D eigenvalue weighted by Crippen LogP contribution is -2.74. The van der Waals surface area contributed by atoms with Gasteiger partial charge in [0.2, 0.25) is 5.91 Å². The van der Waals surface area contributed by atoms with Gasteiger partial charge in [0.15, 0.2) is 0 Å². The average Bonchev–Trinajstić information content (AvgIpc) is 2.74. The van der Waals surface area contributed by atoms with Crippen molar-refractivity contribution >= 4 is 17.5 Å². The highest BCUT2D eigenvalue weighted by Gasteiger charge is 2.62. The fourth-order valence-corrected chi connectivity index (χ4v) is 4.78. The number of aliphatic hydroxyl groups is 1. The Labute approximate surface area is 200 Å². The SMILES string of the molecule is C#Cc1ccc(N2CC(=O)N(Cc3ccc(C(F)(F)F)cc3)C3(CC(C(C)(C)O)C3)C2=O)c(F)c1. The molecule has 1 aliphatic heterocycles. The van der Waals surface area contributed by atoms with Gasteiger partial charge in [0.25, 0.3) is 5.91 Å². The van der Waals surface area contributed by atoms with Crippen molar-refractivity contribution < 1.29 is 32.3 Å². The van der Waals surface area contributed by atoms with E-state index in [2.05, 4.69) is 5.92 Å². The molecule has 2 fully saturated rings. The number of carbonyl (C=O) groups is 2.